The van der Waals surface area contributed by atoms with Crippen LogP contribution in [0.4, 0.5) is 5.69 Å². The Morgan fingerprint density at radius 2 is 1.91 bits per heavy atom. The summed E-state index contributed by atoms with van der Waals surface area (Å²) >= 11 is 6.11. The van der Waals surface area contributed by atoms with Gasteiger partial charge in [-0.2, -0.15) is 0 Å². The number of fused-ring (bicyclic) bond motifs is 3. The van der Waals surface area contributed by atoms with E-state index in [0.717, 1.165) is 48.9 Å². The first kappa shape index (κ1) is 21.4. The van der Waals surface area contributed by atoms with Crippen LogP contribution in [0.2, 0.25) is 5.02 Å². The number of benzene rings is 2. The standard InChI is InChI=1S/C26H32ClN5/c1-17(2)31-13-10-19(11-14-31)20-4-9-23-24(16-20)25(28-22-7-5-21(27)6-8-22)12-15-32-26(23)18(3)29-30-32/h4-10,16-17,25,28-30H,11-15H2,1-3H3. The molecule has 168 valence electrons. The summed E-state index contributed by atoms with van der Waals surface area (Å²) in [5, 5.41) is 6.77. The van der Waals surface area contributed by atoms with Gasteiger partial charge < -0.3 is 10.7 Å². The Morgan fingerprint density at radius 1 is 1.09 bits per heavy atom. The highest BCUT2D eigenvalue weighted by Gasteiger charge is 2.30. The summed E-state index contributed by atoms with van der Waals surface area (Å²) in [6.45, 7) is 9.76. The second-order valence-electron chi connectivity index (χ2n) is 9.22. The van der Waals surface area contributed by atoms with Crippen molar-refractivity contribution < 1.29 is 0 Å². The van der Waals surface area contributed by atoms with E-state index < -0.39 is 0 Å². The van der Waals surface area contributed by atoms with Gasteiger partial charge in [-0.3, -0.25) is 9.91 Å². The van der Waals surface area contributed by atoms with Gasteiger partial charge in [0.25, 0.3) is 0 Å². The number of halogens is 1. The number of rotatable bonds is 4. The second-order valence-corrected chi connectivity index (χ2v) is 9.66. The maximum absolute atomic E-state index is 6.11. The van der Waals surface area contributed by atoms with Gasteiger partial charge in [0.1, 0.15) is 0 Å². The molecule has 0 bridgehead atoms. The van der Waals surface area contributed by atoms with Crippen molar-refractivity contribution in [2.45, 2.75) is 45.7 Å². The highest BCUT2D eigenvalue weighted by molar-refractivity contribution is 6.30. The van der Waals surface area contributed by atoms with Crippen molar-refractivity contribution in [3.8, 4) is 0 Å². The van der Waals surface area contributed by atoms with E-state index in [1.165, 1.54) is 28.0 Å². The largest absolute Gasteiger partial charge is 0.378 e. The van der Waals surface area contributed by atoms with Crippen LogP contribution in [-0.4, -0.2) is 35.6 Å². The summed E-state index contributed by atoms with van der Waals surface area (Å²) in [5.41, 5.74) is 15.6. The van der Waals surface area contributed by atoms with Crippen LogP contribution in [0.5, 0.6) is 0 Å². The Kier molecular flexibility index (Phi) is 5.89. The summed E-state index contributed by atoms with van der Waals surface area (Å²) in [4.78, 5) is 2.53. The molecule has 3 N–H and O–H groups in total. The Labute approximate surface area is 196 Å². The zero-order valence-corrected chi connectivity index (χ0v) is 19.8. The summed E-state index contributed by atoms with van der Waals surface area (Å²) < 4.78 is 0. The molecule has 0 aromatic heterocycles. The zero-order valence-electron chi connectivity index (χ0n) is 19.1. The molecule has 2 aromatic rings. The minimum Gasteiger partial charge on any atom is -0.378 e. The summed E-state index contributed by atoms with van der Waals surface area (Å²) in [6, 6.07) is 15.9. The van der Waals surface area contributed by atoms with E-state index in [9.17, 15) is 0 Å². The van der Waals surface area contributed by atoms with Crippen LogP contribution in [0.15, 0.2) is 54.2 Å². The molecule has 0 saturated heterocycles. The minimum atomic E-state index is 0.218. The van der Waals surface area contributed by atoms with Gasteiger partial charge in [0, 0.05) is 41.9 Å². The molecule has 1 unspecified atom stereocenters. The Morgan fingerprint density at radius 3 is 2.62 bits per heavy atom. The third-order valence-electron chi connectivity index (χ3n) is 6.85. The van der Waals surface area contributed by atoms with Crippen molar-refractivity contribution in [3.63, 3.8) is 0 Å². The molecule has 5 rings (SSSR count). The van der Waals surface area contributed by atoms with Gasteiger partial charge in [-0.15, -0.1) is 5.53 Å². The van der Waals surface area contributed by atoms with E-state index in [0.29, 0.717) is 6.04 Å². The predicted molar refractivity (Wildman–Crippen MR) is 134 cm³/mol. The van der Waals surface area contributed by atoms with Crippen LogP contribution in [0.25, 0.3) is 11.3 Å². The third-order valence-corrected chi connectivity index (χ3v) is 7.11. The van der Waals surface area contributed by atoms with E-state index in [1.807, 2.05) is 12.1 Å². The molecule has 3 aliphatic heterocycles. The average Bonchev–Trinajstić information content (AvgIpc) is 3.09. The van der Waals surface area contributed by atoms with Crippen LogP contribution >= 0.6 is 11.6 Å². The Hall–Kier alpha value is -2.47. The first-order valence-corrected chi connectivity index (χ1v) is 12.0. The van der Waals surface area contributed by atoms with Crippen molar-refractivity contribution in [3.05, 3.63) is 76.0 Å². The van der Waals surface area contributed by atoms with Crippen molar-refractivity contribution in [2.75, 3.05) is 25.0 Å². The van der Waals surface area contributed by atoms with Gasteiger partial charge in [-0.05, 0) is 80.6 Å². The molecule has 3 aliphatic rings. The molecule has 6 heteroatoms. The highest BCUT2D eigenvalue weighted by atomic mass is 35.5. The van der Waals surface area contributed by atoms with Crippen LogP contribution in [-0.2, 0) is 0 Å². The van der Waals surface area contributed by atoms with Gasteiger partial charge in [0.2, 0.25) is 0 Å². The van der Waals surface area contributed by atoms with Crippen molar-refractivity contribution in [1.29, 1.82) is 0 Å². The number of nitrogens with one attached hydrogen (secondary N) is 3. The minimum absolute atomic E-state index is 0.218. The fourth-order valence-corrected chi connectivity index (χ4v) is 5.10. The lowest BCUT2D eigenvalue weighted by molar-refractivity contribution is 0.245. The normalized spacial score (nSPS) is 21.1. The number of nitrogens with zero attached hydrogens (tertiary/aromatic N) is 2. The number of allylic oxidation sites excluding steroid dienone is 1. The lowest BCUT2D eigenvalue weighted by Crippen LogP contribution is -2.37. The van der Waals surface area contributed by atoms with Crippen molar-refractivity contribution in [2.24, 2.45) is 0 Å². The molecule has 5 nitrogen and oxygen atoms in total. The second kappa shape index (κ2) is 8.81. The molecule has 0 amide bonds. The van der Waals surface area contributed by atoms with Crippen LogP contribution in [0.1, 0.15) is 56.3 Å². The number of hydrazine groups is 2. The van der Waals surface area contributed by atoms with Gasteiger partial charge >= 0.3 is 0 Å². The quantitative estimate of drug-likeness (QED) is 0.582. The Balaban J connectivity index is 1.52. The van der Waals surface area contributed by atoms with E-state index in [-0.39, 0.29) is 6.04 Å². The predicted octanol–water partition coefficient (Wildman–Crippen LogP) is 5.41. The zero-order chi connectivity index (χ0) is 22.2. The third kappa shape index (κ3) is 4.13. The van der Waals surface area contributed by atoms with Gasteiger partial charge in [0.05, 0.1) is 17.4 Å². The molecule has 0 aliphatic carbocycles. The molecule has 0 spiro atoms. The SMILES string of the molecule is CC1=C2c3ccc(C4=CCN(C(C)C)CC4)cc3C(Nc3ccc(Cl)cc3)CCN2NN1. The number of hydrogen-bond acceptors (Lipinski definition) is 5. The molecule has 0 radical (unpaired) electrons. The lowest BCUT2D eigenvalue weighted by atomic mass is 9.90. The maximum Gasteiger partial charge on any atom is 0.0814 e. The van der Waals surface area contributed by atoms with E-state index in [1.54, 1.807) is 0 Å². The fourth-order valence-electron chi connectivity index (χ4n) is 4.98. The van der Waals surface area contributed by atoms with Crippen LogP contribution in [0.3, 0.4) is 0 Å². The Bertz CT molecular complexity index is 1060. The summed E-state index contributed by atoms with van der Waals surface area (Å²) in [5.74, 6) is 0. The average molecular weight is 450 g/mol. The van der Waals surface area contributed by atoms with Gasteiger partial charge in [-0.25, -0.2) is 0 Å². The number of hydrogen-bond donors (Lipinski definition) is 3. The topological polar surface area (TPSA) is 42.6 Å². The van der Waals surface area contributed by atoms with Gasteiger partial charge in [0.15, 0.2) is 0 Å². The maximum atomic E-state index is 6.11. The molecule has 2 aromatic carbocycles. The molecular formula is C26H32ClN5. The van der Waals surface area contributed by atoms with Crippen LogP contribution < -0.4 is 16.3 Å². The van der Waals surface area contributed by atoms with Crippen molar-refractivity contribution in [1.82, 2.24) is 20.9 Å². The summed E-state index contributed by atoms with van der Waals surface area (Å²) in [7, 11) is 0. The van der Waals surface area contributed by atoms with E-state index >= 15 is 0 Å². The highest BCUT2D eigenvalue weighted by Crippen LogP contribution is 2.39. The van der Waals surface area contributed by atoms with E-state index in [4.69, 9.17) is 11.6 Å². The molecular weight excluding hydrogens is 418 g/mol. The first-order valence-electron chi connectivity index (χ1n) is 11.6. The summed E-state index contributed by atoms with van der Waals surface area (Å²) in [6.07, 6.45) is 4.51. The molecule has 32 heavy (non-hydrogen) atoms. The number of anilines is 1. The molecule has 0 saturated carbocycles. The first-order chi connectivity index (χ1) is 15.5. The monoisotopic (exact) mass is 449 g/mol. The van der Waals surface area contributed by atoms with E-state index in [2.05, 4.69) is 83.4 Å². The molecule has 1 atom stereocenters. The van der Waals surface area contributed by atoms with Crippen LogP contribution in [0, 0.1) is 0 Å². The molecule has 3 heterocycles. The molecule has 0 fully saturated rings. The smallest absolute Gasteiger partial charge is 0.0814 e. The fraction of sp³-hybridized carbons (Fsp3) is 0.385. The lowest BCUT2D eigenvalue weighted by Gasteiger charge is -2.30. The van der Waals surface area contributed by atoms with Crippen molar-refractivity contribution >= 4 is 28.6 Å². The van der Waals surface area contributed by atoms with Gasteiger partial charge in [-0.1, -0.05) is 29.8 Å².